The minimum absolute atomic E-state index is 0.00314. The number of nitrogens with one attached hydrogen (secondary N) is 1. The van der Waals surface area contributed by atoms with E-state index in [1.54, 1.807) is 31.7 Å². The van der Waals surface area contributed by atoms with Crippen LogP contribution in [0.3, 0.4) is 0 Å². The molecule has 0 spiro atoms. The lowest BCUT2D eigenvalue weighted by atomic mass is 9.98. The van der Waals surface area contributed by atoms with Gasteiger partial charge in [-0.3, -0.25) is 5.10 Å². The van der Waals surface area contributed by atoms with Crippen molar-refractivity contribution < 1.29 is 32.0 Å². The van der Waals surface area contributed by atoms with Gasteiger partial charge in [0.15, 0.2) is 6.10 Å². The number of carbonyl (C=O) groups excluding carboxylic acids is 1. The zero-order chi connectivity index (χ0) is 36.6. The molecule has 0 bridgehead atoms. The quantitative estimate of drug-likeness (QED) is 0.159. The highest BCUT2D eigenvalue weighted by Gasteiger charge is 2.45. The molecule has 1 saturated heterocycles. The summed E-state index contributed by atoms with van der Waals surface area (Å²) < 4.78 is 68.2. The molecule has 1 N–H and O–H groups in total. The summed E-state index contributed by atoms with van der Waals surface area (Å²) in [4.78, 5) is 27.8. The molecular formula is C33H45F3N8O4SSi. The molecule has 0 saturated carbocycles. The van der Waals surface area contributed by atoms with Crippen LogP contribution in [0.1, 0.15) is 50.1 Å². The standard InChI is InChI=1S/C33H45F3N8O4SSi/c1-32(2,3)48-31(45)44-15-14-43(19-21(44)10-12-37)29-22-11-13-42(20-26(22)39-30(40-29)49(4)46)27-23(8-9-25-24(27)18-38-41-25)28(33(34,35)36)47-16-17-50(5,6)7/h8-9,18,21,28H,10-11,13-17,19-20H2,1-7H3,(H,38,41). The Labute approximate surface area is 294 Å². The van der Waals surface area contributed by atoms with Crippen LogP contribution in [0.2, 0.25) is 25.7 Å². The fourth-order valence-electron chi connectivity index (χ4n) is 6.29. The van der Waals surface area contributed by atoms with Crippen molar-refractivity contribution in [2.45, 2.75) is 94.9 Å². The molecule has 1 fully saturated rings. The third-order valence-electron chi connectivity index (χ3n) is 8.68. The number of aromatic amines is 1. The number of ether oxygens (including phenoxy) is 2. The van der Waals surface area contributed by atoms with Crippen molar-refractivity contribution in [1.82, 2.24) is 25.1 Å². The molecule has 12 nitrogen and oxygen atoms in total. The number of nitrogens with zero attached hydrogens (tertiary/aromatic N) is 7. The van der Waals surface area contributed by atoms with Crippen molar-refractivity contribution in [2.75, 3.05) is 48.8 Å². The molecule has 1 amide bonds. The number of benzene rings is 1. The van der Waals surface area contributed by atoms with Crippen molar-refractivity contribution >= 4 is 47.8 Å². The molecule has 272 valence electrons. The van der Waals surface area contributed by atoms with Gasteiger partial charge in [0.25, 0.3) is 0 Å². The zero-order valence-corrected chi connectivity index (χ0v) is 31.4. The Morgan fingerprint density at radius 2 is 1.92 bits per heavy atom. The number of fused-ring (bicyclic) bond motifs is 2. The van der Waals surface area contributed by atoms with E-state index in [4.69, 9.17) is 14.5 Å². The van der Waals surface area contributed by atoms with Gasteiger partial charge >= 0.3 is 17.4 Å². The summed E-state index contributed by atoms with van der Waals surface area (Å²) in [5.41, 5.74) is 1.57. The van der Waals surface area contributed by atoms with Crippen LogP contribution in [0, 0.1) is 11.3 Å². The lowest BCUT2D eigenvalue weighted by molar-refractivity contribution is -0.222. The molecule has 0 aliphatic carbocycles. The van der Waals surface area contributed by atoms with Gasteiger partial charge in [0.05, 0.1) is 48.2 Å². The fourth-order valence-corrected chi connectivity index (χ4v) is 7.47. The molecule has 5 rings (SSSR count). The van der Waals surface area contributed by atoms with Crippen LogP contribution in [-0.4, -0.2) is 101 Å². The highest BCUT2D eigenvalue weighted by molar-refractivity contribution is 7.90. The first kappa shape index (κ1) is 37.7. The number of aromatic nitrogens is 4. The molecule has 17 heteroatoms. The summed E-state index contributed by atoms with van der Waals surface area (Å²) >= 11 is -1.57. The predicted octanol–water partition coefficient (Wildman–Crippen LogP) is 5.95. The normalized spacial score (nSPS) is 18.5. The smallest absolute Gasteiger partial charge is 0.418 e. The van der Waals surface area contributed by atoms with E-state index in [0.717, 1.165) is 5.56 Å². The van der Waals surface area contributed by atoms with E-state index in [2.05, 4.69) is 40.9 Å². The first-order valence-electron chi connectivity index (χ1n) is 16.6. The summed E-state index contributed by atoms with van der Waals surface area (Å²) in [6.45, 7) is 13.0. The van der Waals surface area contributed by atoms with Gasteiger partial charge in [0.2, 0.25) is 0 Å². The molecule has 3 aromatic rings. The van der Waals surface area contributed by atoms with Crippen molar-refractivity contribution in [2.24, 2.45) is 0 Å². The summed E-state index contributed by atoms with van der Waals surface area (Å²) in [7, 11) is -1.67. The Balaban J connectivity index is 1.51. The van der Waals surface area contributed by atoms with E-state index in [0.29, 0.717) is 53.7 Å². The third-order valence-corrected chi connectivity index (χ3v) is 11.1. The van der Waals surface area contributed by atoms with E-state index in [1.807, 2.05) is 9.80 Å². The lowest BCUT2D eigenvalue weighted by Gasteiger charge is -2.42. The van der Waals surface area contributed by atoms with Gasteiger partial charge in [-0.2, -0.15) is 33.5 Å². The van der Waals surface area contributed by atoms with Crippen LogP contribution in [0.25, 0.3) is 10.9 Å². The van der Waals surface area contributed by atoms with Gasteiger partial charge in [-0.25, -0.2) is 4.79 Å². The summed E-state index contributed by atoms with van der Waals surface area (Å²) in [5.74, 6) is 0.552. The van der Waals surface area contributed by atoms with Crippen molar-refractivity contribution in [1.29, 1.82) is 5.26 Å². The third kappa shape index (κ3) is 8.64. The van der Waals surface area contributed by atoms with Gasteiger partial charge in [-0.05, 0) is 39.3 Å². The van der Waals surface area contributed by atoms with Gasteiger partial charge in [0, 0.05) is 68.5 Å². The summed E-state index contributed by atoms with van der Waals surface area (Å²) in [6.07, 6.45) is -3.86. The molecule has 4 heterocycles. The fraction of sp³-hybridized carbons (Fsp3) is 0.606. The maximum absolute atomic E-state index is 14.7. The monoisotopic (exact) mass is 734 g/mol. The van der Waals surface area contributed by atoms with E-state index in [9.17, 15) is 27.8 Å². The summed E-state index contributed by atoms with van der Waals surface area (Å²) in [5, 5.41) is 17.2. The Kier molecular flexibility index (Phi) is 11.0. The number of hydrogen-bond acceptors (Lipinski definition) is 10. The maximum Gasteiger partial charge on any atom is 0.418 e. The highest BCUT2D eigenvalue weighted by atomic mass is 32.2. The average Bonchev–Trinajstić information content (AvgIpc) is 3.49. The molecule has 50 heavy (non-hydrogen) atoms. The molecule has 3 unspecified atom stereocenters. The highest BCUT2D eigenvalue weighted by Crippen LogP contribution is 2.44. The van der Waals surface area contributed by atoms with Crippen molar-refractivity contribution in [3.8, 4) is 6.07 Å². The number of rotatable bonds is 9. The van der Waals surface area contributed by atoms with Crippen molar-refractivity contribution in [3.05, 3.63) is 35.2 Å². The van der Waals surface area contributed by atoms with E-state index in [-0.39, 0.29) is 43.4 Å². The number of piperazine rings is 1. The first-order chi connectivity index (χ1) is 23.4. The number of alkyl halides is 3. The molecule has 3 atom stereocenters. The number of carbonyl (C=O) groups is 1. The van der Waals surface area contributed by atoms with Gasteiger partial charge in [-0.15, -0.1) is 0 Å². The Morgan fingerprint density at radius 1 is 1.18 bits per heavy atom. The van der Waals surface area contributed by atoms with Crippen LogP contribution in [0.5, 0.6) is 0 Å². The number of halogens is 3. The molecule has 2 aliphatic rings. The number of nitriles is 1. The second kappa shape index (κ2) is 14.6. The van der Waals surface area contributed by atoms with Gasteiger partial charge < -0.3 is 28.7 Å². The average molecular weight is 735 g/mol. The van der Waals surface area contributed by atoms with E-state index < -0.39 is 49.3 Å². The number of amides is 1. The van der Waals surface area contributed by atoms with Gasteiger partial charge in [0.1, 0.15) is 17.7 Å². The zero-order valence-electron chi connectivity index (χ0n) is 29.6. The molecule has 1 aromatic carbocycles. The van der Waals surface area contributed by atoms with Crippen LogP contribution < -0.4 is 9.80 Å². The minimum Gasteiger partial charge on any atom is -0.609 e. The Hall–Kier alpha value is -3.59. The van der Waals surface area contributed by atoms with Crippen LogP contribution in [-0.2, 0) is 33.6 Å². The molecule has 2 aliphatic heterocycles. The predicted molar refractivity (Wildman–Crippen MR) is 187 cm³/mol. The number of H-pyrrole nitrogens is 1. The van der Waals surface area contributed by atoms with Crippen LogP contribution in [0.4, 0.5) is 29.5 Å². The number of hydrogen-bond donors (Lipinski definition) is 1. The second-order valence-electron chi connectivity index (χ2n) is 15.0. The number of anilines is 2. The summed E-state index contributed by atoms with van der Waals surface area (Å²) in [6, 6.07) is 5.31. The van der Waals surface area contributed by atoms with E-state index in [1.165, 1.54) is 18.5 Å². The van der Waals surface area contributed by atoms with E-state index >= 15 is 0 Å². The Bertz CT molecular complexity index is 1740. The maximum atomic E-state index is 14.7. The molecule has 0 radical (unpaired) electrons. The Morgan fingerprint density at radius 3 is 2.56 bits per heavy atom. The minimum atomic E-state index is -4.66. The first-order valence-corrected chi connectivity index (χ1v) is 21.9. The topological polar surface area (TPSA) is 147 Å². The van der Waals surface area contributed by atoms with Crippen molar-refractivity contribution in [3.63, 3.8) is 0 Å². The molecule has 2 aromatic heterocycles. The van der Waals surface area contributed by atoms with Crippen LogP contribution in [0.15, 0.2) is 23.5 Å². The SMILES string of the molecule is C[S+]([O-])c1nc2c(c(N3CCN(C(=O)OC(C)(C)C)C(CC#N)C3)n1)CCN(c1c(C(OCC[Si](C)(C)C)C(F)(F)F)ccc3[nH]ncc13)C2. The lowest BCUT2D eigenvalue weighted by Crippen LogP contribution is -2.56. The van der Waals surface area contributed by atoms with Gasteiger partial charge in [-0.1, -0.05) is 25.7 Å². The van der Waals surface area contributed by atoms with Crippen LogP contribution >= 0.6 is 0 Å². The second-order valence-corrected chi connectivity index (χ2v) is 21.8. The largest absolute Gasteiger partial charge is 0.609 e. The molecular weight excluding hydrogens is 690 g/mol.